The lowest BCUT2D eigenvalue weighted by Crippen LogP contribution is -2.41. The van der Waals surface area contributed by atoms with Gasteiger partial charge in [0.2, 0.25) is 5.91 Å². The van der Waals surface area contributed by atoms with Gasteiger partial charge in [-0.15, -0.1) is 0 Å². The molecule has 1 N–H and O–H groups in total. The van der Waals surface area contributed by atoms with Crippen LogP contribution in [-0.4, -0.2) is 65.5 Å². The predicted molar refractivity (Wildman–Crippen MR) is 87.3 cm³/mol. The van der Waals surface area contributed by atoms with Gasteiger partial charge in [0.05, 0.1) is 13.0 Å². The van der Waals surface area contributed by atoms with Crippen LogP contribution < -0.4 is 0 Å². The van der Waals surface area contributed by atoms with Crippen LogP contribution in [0.1, 0.15) is 36.6 Å². The summed E-state index contributed by atoms with van der Waals surface area (Å²) in [7, 11) is 3.55. The molecule has 0 spiro atoms. The number of piperidine rings is 1. The molecule has 6 nitrogen and oxygen atoms in total. The van der Waals surface area contributed by atoms with E-state index in [1.54, 1.807) is 19.0 Å². The molecule has 6 heteroatoms. The highest BCUT2D eigenvalue weighted by atomic mass is 16.4. The van der Waals surface area contributed by atoms with Crippen LogP contribution in [0.5, 0.6) is 0 Å². The lowest BCUT2D eigenvalue weighted by atomic mass is 9.94. The highest BCUT2D eigenvalue weighted by Gasteiger charge is 2.24. The molecule has 2 heterocycles. The predicted octanol–water partition coefficient (Wildman–Crippen LogP) is 1.37. The molecule has 0 bridgehead atoms. The smallest absolute Gasteiger partial charge is 0.303 e. The molecule has 0 aliphatic carbocycles. The number of aryl methyl sites for hydroxylation is 1. The summed E-state index contributed by atoms with van der Waals surface area (Å²) in [6, 6.07) is 5.83. The van der Waals surface area contributed by atoms with E-state index in [0.717, 1.165) is 37.3 Å². The number of carboxylic acid groups (broad SMARTS) is 1. The van der Waals surface area contributed by atoms with Gasteiger partial charge in [-0.3, -0.25) is 19.5 Å². The number of carbonyl (C=O) groups excluding carboxylic acids is 1. The van der Waals surface area contributed by atoms with E-state index in [2.05, 4.69) is 9.88 Å². The minimum atomic E-state index is -0.803. The van der Waals surface area contributed by atoms with Gasteiger partial charge in [0.15, 0.2) is 0 Å². The number of aromatic nitrogens is 1. The molecular weight excluding hydrogens is 294 g/mol. The first kappa shape index (κ1) is 17.4. The zero-order chi connectivity index (χ0) is 16.8. The number of nitrogens with zero attached hydrogens (tertiary/aromatic N) is 3. The summed E-state index contributed by atoms with van der Waals surface area (Å²) in [6.45, 7) is 2.21. The van der Waals surface area contributed by atoms with Crippen molar-refractivity contribution in [3.8, 4) is 0 Å². The number of likely N-dealkylation sites (N-methyl/N-ethyl adjacent to an activating group) is 1. The number of carbonyl (C=O) groups is 2. The fraction of sp³-hybridized carbons (Fsp3) is 0.588. The molecule has 1 aromatic rings. The molecule has 23 heavy (non-hydrogen) atoms. The quantitative estimate of drug-likeness (QED) is 0.857. The van der Waals surface area contributed by atoms with E-state index in [0.29, 0.717) is 18.9 Å². The van der Waals surface area contributed by atoms with E-state index in [9.17, 15) is 9.59 Å². The first-order valence-corrected chi connectivity index (χ1v) is 8.06. The second kappa shape index (κ2) is 8.06. The molecule has 1 atom stereocenters. The van der Waals surface area contributed by atoms with Gasteiger partial charge in [-0.25, -0.2) is 0 Å². The third-order valence-corrected chi connectivity index (χ3v) is 4.20. The average molecular weight is 319 g/mol. The number of hydrogen-bond acceptors (Lipinski definition) is 4. The summed E-state index contributed by atoms with van der Waals surface area (Å²) in [5.41, 5.74) is 1.83. The monoisotopic (exact) mass is 319 g/mol. The average Bonchev–Trinajstić information content (AvgIpc) is 2.53. The van der Waals surface area contributed by atoms with E-state index >= 15 is 0 Å². The lowest BCUT2D eigenvalue weighted by Gasteiger charge is -2.32. The third kappa shape index (κ3) is 5.32. The van der Waals surface area contributed by atoms with E-state index in [4.69, 9.17) is 5.11 Å². The van der Waals surface area contributed by atoms with Gasteiger partial charge in [0.25, 0.3) is 0 Å². The summed E-state index contributed by atoms with van der Waals surface area (Å²) in [4.78, 5) is 31.0. The van der Waals surface area contributed by atoms with Crippen LogP contribution in [0.15, 0.2) is 18.2 Å². The van der Waals surface area contributed by atoms with Crippen molar-refractivity contribution in [2.75, 3.05) is 33.7 Å². The van der Waals surface area contributed by atoms with Crippen LogP contribution >= 0.6 is 0 Å². The topological polar surface area (TPSA) is 73.7 Å². The summed E-state index contributed by atoms with van der Waals surface area (Å²) >= 11 is 0. The van der Waals surface area contributed by atoms with Gasteiger partial charge in [-0.1, -0.05) is 6.07 Å². The van der Waals surface area contributed by atoms with Crippen molar-refractivity contribution in [3.05, 3.63) is 29.6 Å². The van der Waals surface area contributed by atoms with Gasteiger partial charge >= 0.3 is 5.97 Å². The normalized spacial score (nSPS) is 18.6. The van der Waals surface area contributed by atoms with Crippen molar-refractivity contribution >= 4 is 11.9 Å². The summed E-state index contributed by atoms with van der Waals surface area (Å²) in [6.07, 6.45) is 2.66. The Balaban J connectivity index is 1.99. The van der Waals surface area contributed by atoms with Gasteiger partial charge in [-0.05, 0) is 31.5 Å². The van der Waals surface area contributed by atoms with Crippen LogP contribution in [0.25, 0.3) is 0 Å². The van der Waals surface area contributed by atoms with Crippen LogP contribution in [0.3, 0.4) is 0 Å². The first-order valence-electron chi connectivity index (χ1n) is 8.06. The van der Waals surface area contributed by atoms with E-state index < -0.39 is 5.97 Å². The molecular formula is C17H25N3O3. The van der Waals surface area contributed by atoms with Crippen molar-refractivity contribution in [2.24, 2.45) is 0 Å². The number of aliphatic carboxylic acids is 1. The number of amides is 1. The maximum Gasteiger partial charge on any atom is 0.303 e. The van der Waals surface area contributed by atoms with Gasteiger partial charge in [0, 0.05) is 44.4 Å². The Morgan fingerprint density at radius 3 is 2.87 bits per heavy atom. The molecule has 1 aromatic heterocycles. The Labute approximate surface area is 137 Å². The number of rotatable bonds is 6. The van der Waals surface area contributed by atoms with Crippen molar-refractivity contribution in [3.63, 3.8) is 0 Å². The molecule has 2 rings (SSSR count). The van der Waals surface area contributed by atoms with Gasteiger partial charge in [-0.2, -0.15) is 0 Å². The first-order chi connectivity index (χ1) is 11.0. The fourth-order valence-electron chi connectivity index (χ4n) is 2.87. The second-order valence-corrected chi connectivity index (χ2v) is 6.31. The fourth-order valence-corrected chi connectivity index (χ4v) is 2.87. The molecule has 0 aromatic carbocycles. The second-order valence-electron chi connectivity index (χ2n) is 6.31. The number of hydrogen-bond donors (Lipinski definition) is 1. The van der Waals surface area contributed by atoms with Gasteiger partial charge < -0.3 is 10.0 Å². The zero-order valence-electron chi connectivity index (χ0n) is 13.9. The van der Waals surface area contributed by atoms with E-state index in [1.165, 1.54) is 0 Å². The third-order valence-electron chi connectivity index (χ3n) is 4.20. The van der Waals surface area contributed by atoms with E-state index in [-0.39, 0.29) is 12.3 Å². The summed E-state index contributed by atoms with van der Waals surface area (Å²) in [5.74, 6) is -0.374. The summed E-state index contributed by atoms with van der Waals surface area (Å²) in [5, 5.41) is 8.79. The minimum absolute atomic E-state index is 0.102. The lowest BCUT2D eigenvalue weighted by molar-refractivity contribution is -0.137. The zero-order valence-corrected chi connectivity index (χ0v) is 13.9. The standard InChI is InChI=1S/C17H25N3O3/c1-19(2)16(21)12-20-10-4-5-13(11-20)15-7-3-6-14(18-15)8-9-17(22)23/h3,6-7,13H,4-5,8-12H2,1-2H3,(H,22,23)/t13-/m0/s1. The Morgan fingerprint density at radius 2 is 2.17 bits per heavy atom. The SMILES string of the molecule is CN(C)C(=O)CN1CCC[C@H](c2cccc(CCC(=O)O)n2)C1. The van der Waals surface area contributed by atoms with E-state index in [1.807, 2.05) is 18.2 Å². The van der Waals surface area contributed by atoms with Crippen molar-refractivity contribution in [1.29, 1.82) is 0 Å². The maximum absolute atomic E-state index is 11.9. The maximum atomic E-state index is 11.9. The minimum Gasteiger partial charge on any atom is -0.481 e. The van der Waals surface area contributed by atoms with Crippen LogP contribution in [0.4, 0.5) is 0 Å². The number of pyridine rings is 1. The number of likely N-dealkylation sites (tertiary alicyclic amines) is 1. The Hall–Kier alpha value is -1.95. The highest BCUT2D eigenvalue weighted by molar-refractivity contribution is 5.77. The summed E-state index contributed by atoms with van der Waals surface area (Å²) < 4.78 is 0. The molecule has 1 saturated heterocycles. The Kier molecular flexibility index (Phi) is 6.10. The van der Waals surface area contributed by atoms with Gasteiger partial charge in [0.1, 0.15) is 0 Å². The molecule has 126 valence electrons. The Bertz CT molecular complexity index is 560. The largest absolute Gasteiger partial charge is 0.481 e. The molecule has 0 saturated carbocycles. The van der Waals surface area contributed by atoms with Crippen LogP contribution in [0, 0.1) is 0 Å². The molecule has 1 aliphatic rings. The molecule has 1 fully saturated rings. The highest BCUT2D eigenvalue weighted by Crippen LogP contribution is 2.25. The Morgan fingerprint density at radius 1 is 1.39 bits per heavy atom. The molecule has 0 unspecified atom stereocenters. The molecule has 1 amide bonds. The van der Waals surface area contributed by atoms with Crippen molar-refractivity contribution in [2.45, 2.75) is 31.6 Å². The van der Waals surface area contributed by atoms with Crippen LogP contribution in [-0.2, 0) is 16.0 Å². The van der Waals surface area contributed by atoms with Crippen molar-refractivity contribution in [1.82, 2.24) is 14.8 Å². The molecule has 1 aliphatic heterocycles. The van der Waals surface area contributed by atoms with Crippen molar-refractivity contribution < 1.29 is 14.7 Å². The van der Waals surface area contributed by atoms with Crippen LogP contribution in [0.2, 0.25) is 0 Å². The number of carboxylic acids is 1. The molecule has 0 radical (unpaired) electrons.